The van der Waals surface area contributed by atoms with Crippen LogP contribution in [0.2, 0.25) is 0 Å². The summed E-state index contributed by atoms with van der Waals surface area (Å²) in [6.45, 7) is 2.02. The first kappa shape index (κ1) is 13.1. The Morgan fingerprint density at radius 1 is 1.42 bits per heavy atom. The third-order valence-electron chi connectivity index (χ3n) is 3.02. The summed E-state index contributed by atoms with van der Waals surface area (Å²) in [7, 11) is 0. The zero-order valence-electron chi connectivity index (χ0n) is 10.3. The molecule has 19 heavy (non-hydrogen) atoms. The molecule has 2 atom stereocenters. The van der Waals surface area contributed by atoms with E-state index in [2.05, 4.69) is 16.2 Å². The van der Waals surface area contributed by atoms with Crippen molar-refractivity contribution in [3.05, 3.63) is 48.1 Å². The maximum atomic E-state index is 13.8. The highest BCUT2D eigenvalue weighted by atomic mass is 19.1. The van der Waals surface area contributed by atoms with E-state index >= 15 is 0 Å². The number of hydrogen-bond donors (Lipinski definition) is 0. The highest BCUT2D eigenvalue weighted by molar-refractivity contribution is 5.24. The highest BCUT2D eigenvalue weighted by Gasteiger charge is 2.23. The van der Waals surface area contributed by atoms with Gasteiger partial charge in [0.25, 0.3) is 0 Å². The molecule has 0 bridgehead atoms. The van der Waals surface area contributed by atoms with Gasteiger partial charge in [0.15, 0.2) is 0 Å². The highest BCUT2D eigenvalue weighted by Crippen LogP contribution is 2.28. The number of halogens is 2. The van der Waals surface area contributed by atoms with Crippen molar-refractivity contribution in [3.63, 3.8) is 0 Å². The van der Waals surface area contributed by atoms with E-state index in [4.69, 9.17) is 5.26 Å². The minimum Gasteiger partial charge on any atom is -0.252 e. The number of rotatable bonds is 4. The average molecular weight is 262 g/mol. The van der Waals surface area contributed by atoms with Crippen molar-refractivity contribution in [2.45, 2.75) is 19.4 Å². The van der Waals surface area contributed by atoms with Crippen LogP contribution in [0, 0.1) is 28.9 Å². The van der Waals surface area contributed by atoms with Crippen molar-refractivity contribution in [2.24, 2.45) is 5.92 Å². The van der Waals surface area contributed by atoms with Crippen molar-refractivity contribution < 1.29 is 8.78 Å². The molecule has 0 spiro atoms. The van der Waals surface area contributed by atoms with Crippen LogP contribution < -0.4 is 0 Å². The number of nitrogens with zero attached hydrogens (tertiary/aromatic N) is 4. The lowest BCUT2D eigenvalue weighted by Crippen LogP contribution is -2.17. The normalized spacial score (nSPS) is 13.8. The second-order valence-corrected chi connectivity index (χ2v) is 4.31. The molecule has 0 aliphatic carbocycles. The van der Waals surface area contributed by atoms with Crippen molar-refractivity contribution in [1.29, 1.82) is 5.26 Å². The molecule has 1 aromatic heterocycles. The maximum absolute atomic E-state index is 13.8. The van der Waals surface area contributed by atoms with Crippen LogP contribution in [-0.4, -0.2) is 14.8 Å². The van der Waals surface area contributed by atoms with Crippen molar-refractivity contribution >= 4 is 0 Å². The molecule has 0 saturated carbocycles. The summed E-state index contributed by atoms with van der Waals surface area (Å²) in [5.74, 6) is -2.12. The minimum absolute atomic E-state index is 0.311. The van der Waals surface area contributed by atoms with Crippen LogP contribution in [0.15, 0.2) is 30.9 Å². The molecule has 1 heterocycles. The van der Waals surface area contributed by atoms with Gasteiger partial charge in [-0.3, -0.25) is 4.68 Å². The Morgan fingerprint density at radius 2 is 2.21 bits per heavy atom. The maximum Gasteiger partial charge on any atom is 0.137 e. The van der Waals surface area contributed by atoms with Crippen LogP contribution in [0.4, 0.5) is 8.78 Å². The third kappa shape index (κ3) is 2.94. The number of nitriles is 1. The Hall–Kier alpha value is -2.29. The van der Waals surface area contributed by atoms with Crippen molar-refractivity contribution in [1.82, 2.24) is 14.8 Å². The first-order valence-electron chi connectivity index (χ1n) is 5.78. The van der Waals surface area contributed by atoms with Gasteiger partial charge in [-0.15, -0.1) is 0 Å². The molecule has 0 fully saturated rings. The van der Waals surface area contributed by atoms with Gasteiger partial charge in [0.05, 0.1) is 18.5 Å². The van der Waals surface area contributed by atoms with Crippen LogP contribution in [-0.2, 0) is 6.54 Å². The van der Waals surface area contributed by atoms with Gasteiger partial charge in [0.2, 0.25) is 0 Å². The number of aromatic nitrogens is 3. The molecule has 1 aromatic carbocycles. The third-order valence-corrected chi connectivity index (χ3v) is 3.02. The van der Waals surface area contributed by atoms with Crippen LogP contribution in [0.3, 0.4) is 0 Å². The van der Waals surface area contributed by atoms with Crippen LogP contribution in [0.1, 0.15) is 18.4 Å². The molecule has 0 saturated heterocycles. The van der Waals surface area contributed by atoms with Crippen LogP contribution >= 0.6 is 0 Å². The fourth-order valence-electron chi connectivity index (χ4n) is 1.95. The van der Waals surface area contributed by atoms with Crippen LogP contribution in [0.25, 0.3) is 0 Å². The molecule has 0 radical (unpaired) electrons. The second kappa shape index (κ2) is 5.57. The van der Waals surface area contributed by atoms with E-state index in [0.717, 1.165) is 6.07 Å². The molecule has 2 aromatic rings. The van der Waals surface area contributed by atoms with Crippen molar-refractivity contribution in [2.75, 3.05) is 0 Å². The van der Waals surface area contributed by atoms with E-state index in [9.17, 15) is 8.78 Å². The minimum atomic E-state index is -0.646. The van der Waals surface area contributed by atoms with Gasteiger partial charge in [-0.1, -0.05) is 6.07 Å². The molecule has 0 unspecified atom stereocenters. The van der Waals surface area contributed by atoms with Crippen LogP contribution in [0.5, 0.6) is 0 Å². The predicted molar refractivity (Wildman–Crippen MR) is 63.9 cm³/mol. The molecular formula is C13H12F2N4. The zero-order chi connectivity index (χ0) is 13.8. The van der Waals surface area contributed by atoms with Crippen molar-refractivity contribution in [3.8, 4) is 6.07 Å². The quantitative estimate of drug-likeness (QED) is 0.850. The van der Waals surface area contributed by atoms with Gasteiger partial charge in [0, 0.05) is 12.0 Å². The fourth-order valence-corrected chi connectivity index (χ4v) is 1.95. The van der Waals surface area contributed by atoms with Gasteiger partial charge in [-0.2, -0.15) is 10.4 Å². The van der Waals surface area contributed by atoms with E-state index in [0.29, 0.717) is 12.1 Å². The van der Waals surface area contributed by atoms with Gasteiger partial charge in [-0.25, -0.2) is 13.8 Å². The average Bonchev–Trinajstić information content (AvgIpc) is 2.89. The van der Waals surface area contributed by atoms with E-state index in [1.807, 2.05) is 0 Å². The molecule has 4 nitrogen and oxygen atoms in total. The monoisotopic (exact) mass is 262 g/mol. The largest absolute Gasteiger partial charge is 0.252 e. The SMILES string of the molecule is C[C@@H](C#N)[C@H](Cn1cncn1)c1ccc(F)cc1F. The molecule has 98 valence electrons. The molecule has 0 aliphatic heterocycles. The van der Waals surface area contributed by atoms with E-state index in [1.165, 1.54) is 29.5 Å². The first-order valence-corrected chi connectivity index (χ1v) is 5.78. The Kier molecular flexibility index (Phi) is 3.85. The Balaban J connectivity index is 2.35. The first-order chi connectivity index (χ1) is 9.11. The second-order valence-electron chi connectivity index (χ2n) is 4.31. The van der Waals surface area contributed by atoms with E-state index < -0.39 is 23.5 Å². The predicted octanol–water partition coefficient (Wildman–Crippen LogP) is 2.50. The van der Waals surface area contributed by atoms with Gasteiger partial charge in [0.1, 0.15) is 24.3 Å². The van der Waals surface area contributed by atoms with Gasteiger partial charge in [-0.05, 0) is 18.6 Å². The number of benzene rings is 1. The lowest BCUT2D eigenvalue weighted by Gasteiger charge is -2.20. The topological polar surface area (TPSA) is 54.5 Å². The fraction of sp³-hybridized carbons (Fsp3) is 0.308. The standard InChI is InChI=1S/C13H12F2N4/c1-9(5-16)12(6-19-8-17-7-18-19)11-3-2-10(14)4-13(11)15/h2-4,7-9,12H,6H2,1H3/t9-,12-/m0/s1. The Bertz CT molecular complexity index is 589. The lowest BCUT2D eigenvalue weighted by atomic mass is 9.87. The smallest absolute Gasteiger partial charge is 0.137 e. The Morgan fingerprint density at radius 3 is 2.79 bits per heavy atom. The summed E-state index contributed by atoms with van der Waals surface area (Å²) >= 11 is 0. The van der Waals surface area contributed by atoms with E-state index in [1.54, 1.807) is 6.92 Å². The summed E-state index contributed by atoms with van der Waals surface area (Å²) < 4.78 is 28.3. The summed E-state index contributed by atoms with van der Waals surface area (Å²) in [5, 5.41) is 13.0. The molecule has 0 amide bonds. The molecular weight excluding hydrogens is 250 g/mol. The number of hydrogen-bond acceptors (Lipinski definition) is 3. The zero-order valence-corrected chi connectivity index (χ0v) is 10.3. The van der Waals surface area contributed by atoms with Gasteiger partial charge >= 0.3 is 0 Å². The summed E-state index contributed by atoms with van der Waals surface area (Å²) in [5.41, 5.74) is 0.311. The lowest BCUT2D eigenvalue weighted by molar-refractivity contribution is 0.430. The summed E-state index contributed by atoms with van der Waals surface area (Å²) in [6.07, 6.45) is 2.87. The Labute approximate surface area is 109 Å². The summed E-state index contributed by atoms with van der Waals surface area (Å²) in [4.78, 5) is 3.81. The van der Waals surface area contributed by atoms with E-state index in [-0.39, 0.29) is 0 Å². The molecule has 0 aliphatic rings. The molecule has 2 rings (SSSR count). The van der Waals surface area contributed by atoms with Gasteiger partial charge < -0.3 is 0 Å². The molecule has 0 N–H and O–H groups in total. The summed E-state index contributed by atoms with van der Waals surface area (Å²) in [6, 6.07) is 5.49. The molecule has 6 heteroatoms.